The van der Waals surface area contributed by atoms with Crippen LogP contribution in [0.3, 0.4) is 0 Å². The van der Waals surface area contributed by atoms with Crippen molar-refractivity contribution in [2.45, 2.75) is 32.2 Å². The van der Waals surface area contributed by atoms with Crippen molar-refractivity contribution in [3.63, 3.8) is 0 Å². The van der Waals surface area contributed by atoms with Crippen LogP contribution < -0.4 is 19.5 Å². The lowest BCUT2D eigenvalue weighted by Crippen LogP contribution is -2.25. The number of fused-ring (bicyclic) bond motifs is 1. The molecule has 0 radical (unpaired) electrons. The third-order valence-electron chi connectivity index (χ3n) is 6.05. The average Bonchev–Trinajstić information content (AvgIpc) is 3.28. The number of aromatic nitrogens is 2. The number of unbranched alkanes of at least 4 members (excludes halogenated alkanes) is 1. The second-order valence-electron chi connectivity index (χ2n) is 8.46. The molecule has 7 heteroatoms. The van der Waals surface area contributed by atoms with Gasteiger partial charge in [-0.1, -0.05) is 24.3 Å². The summed E-state index contributed by atoms with van der Waals surface area (Å²) < 4.78 is 18.7. The monoisotopic (exact) mass is 487 g/mol. The van der Waals surface area contributed by atoms with Crippen LogP contribution in [0.2, 0.25) is 0 Å². The van der Waals surface area contributed by atoms with Gasteiger partial charge in [0, 0.05) is 25.1 Å². The number of imidazole rings is 1. The first-order valence-corrected chi connectivity index (χ1v) is 12.3. The summed E-state index contributed by atoms with van der Waals surface area (Å²) in [7, 11) is 3.26. The lowest BCUT2D eigenvalue weighted by Gasteiger charge is -2.12. The van der Waals surface area contributed by atoms with Crippen LogP contribution in [0.25, 0.3) is 11.0 Å². The summed E-state index contributed by atoms with van der Waals surface area (Å²) >= 11 is 0. The number of hydrogen-bond donors (Lipinski definition) is 1. The van der Waals surface area contributed by atoms with Gasteiger partial charge in [-0.25, -0.2) is 4.98 Å². The molecule has 188 valence electrons. The topological polar surface area (TPSA) is 74.6 Å². The molecule has 0 bridgehead atoms. The fourth-order valence-electron chi connectivity index (χ4n) is 4.15. The van der Waals surface area contributed by atoms with E-state index in [-0.39, 0.29) is 5.91 Å². The maximum atomic E-state index is 12.4. The Bertz CT molecular complexity index is 1270. The van der Waals surface area contributed by atoms with Gasteiger partial charge in [-0.2, -0.15) is 0 Å². The minimum atomic E-state index is -0.0822. The van der Waals surface area contributed by atoms with Crippen LogP contribution in [0.15, 0.2) is 72.8 Å². The Hall–Kier alpha value is -4.00. The molecule has 1 N–H and O–H groups in total. The molecule has 0 saturated carbocycles. The van der Waals surface area contributed by atoms with Crippen LogP contribution in [0.1, 0.15) is 35.4 Å². The molecule has 4 aromatic rings. The van der Waals surface area contributed by atoms with Gasteiger partial charge in [0.05, 0.1) is 31.9 Å². The molecular formula is C29H33N3O4. The number of aryl methyl sites for hydroxylation is 2. The highest BCUT2D eigenvalue weighted by Gasteiger charge is 2.11. The predicted octanol–water partition coefficient (Wildman–Crippen LogP) is 5.28. The number of methoxy groups -OCH3 is 2. The Kier molecular flexibility index (Phi) is 8.81. The zero-order valence-corrected chi connectivity index (χ0v) is 20.9. The minimum absolute atomic E-state index is 0.0822. The number of para-hydroxylation sites is 4. The molecule has 0 atom stereocenters. The van der Waals surface area contributed by atoms with Gasteiger partial charge in [-0.15, -0.1) is 0 Å². The number of ether oxygens (including phenoxy) is 3. The quantitative estimate of drug-likeness (QED) is 0.260. The molecule has 7 nitrogen and oxygen atoms in total. The molecule has 0 aliphatic carbocycles. The van der Waals surface area contributed by atoms with E-state index in [1.54, 1.807) is 38.5 Å². The highest BCUT2D eigenvalue weighted by molar-refractivity contribution is 5.94. The van der Waals surface area contributed by atoms with E-state index in [1.807, 2.05) is 42.5 Å². The summed E-state index contributed by atoms with van der Waals surface area (Å²) in [5, 5.41) is 3.00. The normalized spacial score (nSPS) is 10.8. The lowest BCUT2D eigenvalue weighted by atomic mass is 10.2. The molecule has 1 aromatic heterocycles. The van der Waals surface area contributed by atoms with Crippen LogP contribution in [0.5, 0.6) is 17.2 Å². The molecule has 0 aliphatic heterocycles. The van der Waals surface area contributed by atoms with E-state index < -0.39 is 0 Å². The molecule has 4 rings (SSSR count). The van der Waals surface area contributed by atoms with E-state index in [9.17, 15) is 4.79 Å². The maximum absolute atomic E-state index is 12.4. The van der Waals surface area contributed by atoms with Crippen LogP contribution in [0, 0.1) is 0 Å². The van der Waals surface area contributed by atoms with Crippen molar-refractivity contribution in [1.82, 2.24) is 14.9 Å². The number of nitrogens with one attached hydrogen (secondary N) is 1. The first-order chi connectivity index (χ1) is 17.7. The Morgan fingerprint density at radius 2 is 1.61 bits per heavy atom. The first kappa shape index (κ1) is 25.1. The van der Waals surface area contributed by atoms with Gasteiger partial charge in [0.1, 0.15) is 11.6 Å². The summed E-state index contributed by atoms with van der Waals surface area (Å²) in [6.07, 6.45) is 3.48. The van der Waals surface area contributed by atoms with E-state index >= 15 is 0 Å². The van der Waals surface area contributed by atoms with Gasteiger partial charge in [-0.05, 0) is 67.8 Å². The zero-order valence-electron chi connectivity index (χ0n) is 20.9. The molecule has 0 fully saturated rings. The summed E-state index contributed by atoms with van der Waals surface area (Å²) in [6.45, 7) is 2.07. The molecule has 36 heavy (non-hydrogen) atoms. The minimum Gasteiger partial charge on any atom is -0.497 e. The highest BCUT2D eigenvalue weighted by atomic mass is 16.5. The third-order valence-corrected chi connectivity index (χ3v) is 6.05. The number of amides is 1. The molecule has 0 aliphatic rings. The van der Waals surface area contributed by atoms with Gasteiger partial charge in [-0.3, -0.25) is 4.79 Å². The second-order valence-corrected chi connectivity index (χ2v) is 8.46. The van der Waals surface area contributed by atoms with E-state index in [4.69, 9.17) is 19.2 Å². The van der Waals surface area contributed by atoms with Gasteiger partial charge in [0.2, 0.25) is 0 Å². The molecule has 0 unspecified atom stereocenters. The molecule has 3 aromatic carbocycles. The molecular weight excluding hydrogens is 454 g/mol. The van der Waals surface area contributed by atoms with E-state index in [1.165, 1.54) is 0 Å². The van der Waals surface area contributed by atoms with Crippen molar-refractivity contribution < 1.29 is 19.0 Å². The highest BCUT2D eigenvalue weighted by Crippen LogP contribution is 2.26. The first-order valence-electron chi connectivity index (χ1n) is 12.3. The SMILES string of the molecule is COc1ccc(C(=O)NCCCc2nc3ccccc3n2CCCCOc2ccccc2OC)cc1. The molecule has 0 spiro atoms. The number of rotatable bonds is 13. The van der Waals surface area contributed by atoms with Crippen LogP contribution in [-0.2, 0) is 13.0 Å². The zero-order chi connectivity index (χ0) is 25.2. The number of carbonyl (C=O) groups is 1. The maximum Gasteiger partial charge on any atom is 0.251 e. The smallest absolute Gasteiger partial charge is 0.251 e. The lowest BCUT2D eigenvalue weighted by molar-refractivity contribution is 0.0953. The van der Waals surface area contributed by atoms with Gasteiger partial charge >= 0.3 is 0 Å². The van der Waals surface area contributed by atoms with Crippen molar-refractivity contribution >= 4 is 16.9 Å². The fraction of sp³-hybridized carbons (Fsp3) is 0.310. The van der Waals surface area contributed by atoms with Crippen LogP contribution >= 0.6 is 0 Å². The standard InChI is InChI=1S/C29H33N3O4/c1-34-23-17-15-22(16-18-23)29(33)30-19-9-14-28-31-24-10-3-4-11-25(24)32(28)20-7-8-21-36-27-13-6-5-12-26(27)35-2/h3-6,10-13,15-18H,7-9,14,19-21H2,1-2H3,(H,30,33). The Morgan fingerprint density at radius 1 is 0.861 bits per heavy atom. The Morgan fingerprint density at radius 3 is 2.39 bits per heavy atom. The van der Waals surface area contributed by atoms with E-state index in [2.05, 4.69) is 16.0 Å². The van der Waals surface area contributed by atoms with Crippen molar-refractivity contribution in [3.8, 4) is 17.2 Å². The van der Waals surface area contributed by atoms with Crippen molar-refractivity contribution in [2.75, 3.05) is 27.4 Å². The predicted molar refractivity (Wildman–Crippen MR) is 141 cm³/mol. The number of benzene rings is 3. The van der Waals surface area contributed by atoms with E-state index in [0.717, 1.165) is 66.3 Å². The number of hydrogen-bond acceptors (Lipinski definition) is 5. The summed E-state index contributed by atoms with van der Waals surface area (Å²) in [5.74, 6) is 3.21. The van der Waals surface area contributed by atoms with E-state index in [0.29, 0.717) is 18.7 Å². The molecule has 0 saturated heterocycles. The average molecular weight is 488 g/mol. The van der Waals surface area contributed by atoms with Crippen molar-refractivity contribution in [3.05, 3.63) is 84.2 Å². The summed E-state index contributed by atoms with van der Waals surface area (Å²) in [4.78, 5) is 17.3. The van der Waals surface area contributed by atoms with Gasteiger partial charge < -0.3 is 24.1 Å². The summed E-state index contributed by atoms with van der Waals surface area (Å²) in [6, 6.07) is 23.0. The Labute approximate surface area is 212 Å². The molecule has 1 amide bonds. The fourth-order valence-corrected chi connectivity index (χ4v) is 4.15. The Balaban J connectivity index is 1.28. The second kappa shape index (κ2) is 12.6. The van der Waals surface area contributed by atoms with Crippen LogP contribution in [-0.4, -0.2) is 42.8 Å². The van der Waals surface area contributed by atoms with Gasteiger partial charge in [0.15, 0.2) is 11.5 Å². The van der Waals surface area contributed by atoms with Crippen LogP contribution in [0.4, 0.5) is 0 Å². The number of carbonyl (C=O) groups excluding carboxylic acids is 1. The summed E-state index contributed by atoms with van der Waals surface area (Å²) in [5.41, 5.74) is 2.76. The molecule has 1 heterocycles. The van der Waals surface area contributed by atoms with Crippen molar-refractivity contribution in [2.24, 2.45) is 0 Å². The largest absolute Gasteiger partial charge is 0.497 e. The van der Waals surface area contributed by atoms with Gasteiger partial charge in [0.25, 0.3) is 5.91 Å². The number of nitrogens with zero attached hydrogens (tertiary/aromatic N) is 2. The van der Waals surface area contributed by atoms with Crippen molar-refractivity contribution in [1.29, 1.82) is 0 Å². The third kappa shape index (κ3) is 6.36.